The lowest BCUT2D eigenvalue weighted by Crippen LogP contribution is -2.34. The lowest BCUT2D eigenvalue weighted by atomic mass is 10.2. The van der Waals surface area contributed by atoms with Crippen LogP contribution in [0.4, 0.5) is 4.79 Å². The Hall–Kier alpha value is -2.06. The molecule has 8 heteroatoms. The highest BCUT2D eigenvalue weighted by atomic mass is 32.2. The number of hydrogen-bond acceptors (Lipinski definition) is 6. The maximum absolute atomic E-state index is 12.3. The van der Waals surface area contributed by atoms with E-state index in [-0.39, 0.29) is 6.54 Å². The average Bonchev–Trinajstić information content (AvgIpc) is 2.96. The van der Waals surface area contributed by atoms with E-state index in [9.17, 15) is 14.4 Å². The Balaban J connectivity index is 2.24. The van der Waals surface area contributed by atoms with Gasteiger partial charge in [-0.3, -0.25) is 19.3 Å². The summed E-state index contributed by atoms with van der Waals surface area (Å²) < 4.78 is 11.7. The molecule has 1 saturated heterocycles. The van der Waals surface area contributed by atoms with E-state index in [0.29, 0.717) is 18.1 Å². The number of carbonyl (C=O) groups excluding carboxylic acids is 3. The second-order valence-corrected chi connectivity index (χ2v) is 6.31. The van der Waals surface area contributed by atoms with Crippen LogP contribution >= 0.6 is 11.8 Å². The molecule has 2 amide bonds. The van der Waals surface area contributed by atoms with E-state index in [0.717, 1.165) is 33.6 Å². The molecule has 0 radical (unpaired) electrons. The van der Waals surface area contributed by atoms with Gasteiger partial charge >= 0.3 is 5.97 Å². The molecule has 0 aromatic carbocycles. The molecule has 0 unspecified atom stereocenters. The SMILES string of the molecule is COCCn1c(C)cc(/C=C2\SC(=O)N(CC(=O)OC)C2=O)c1C. The van der Waals surface area contributed by atoms with Gasteiger partial charge in [0.15, 0.2) is 0 Å². The molecule has 2 heterocycles. The van der Waals surface area contributed by atoms with Crippen LogP contribution in [-0.2, 0) is 25.6 Å². The number of thioether (sulfide) groups is 1. The van der Waals surface area contributed by atoms with Crippen LogP contribution in [0, 0.1) is 13.8 Å². The Morgan fingerprint density at radius 1 is 1.29 bits per heavy atom. The van der Waals surface area contributed by atoms with Crippen LogP contribution in [0.1, 0.15) is 17.0 Å². The largest absolute Gasteiger partial charge is 0.468 e. The summed E-state index contributed by atoms with van der Waals surface area (Å²) in [4.78, 5) is 36.8. The van der Waals surface area contributed by atoms with Crippen LogP contribution in [-0.4, -0.2) is 54.0 Å². The summed E-state index contributed by atoms with van der Waals surface area (Å²) in [5.41, 5.74) is 2.90. The average molecular weight is 352 g/mol. The fourth-order valence-corrected chi connectivity index (χ4v) is 3.30. The van der Waals surface area contributed by atoms with Gasteiger partial charge in [0.25, 0.3) is 11.1 Å². The number of aromatic nitrogens is 1. The van der Waals surface area contributed by atoms with Gasteiger partial charge in [-0.25, -0.2) is 0 Å². The Bertz CT molecular complexity index is 708. The van der Waals surface area contributed by atoms with Crippen LogP contribution in [0.25, 0.3) is 6.08 Å². The van der Waals surface area contributed by atoms with Crippen molar-refractivity contribution in [3.05, 3.63) is 27.9 Å². The Morgan fingerprint density at radius 3 is 2.62 bits per heavy atom. The van der Waals surface area contributed by atoms with Crippen molar-refractivity contribution in [3.63, 3.8) is 0 Å². The van der Waals surface area contributed by atoms with Crippen LogP contribution in [0.15, 0.2) is 11.0 Å². The zero-order valence-electron chi connectivity index (χ0n) is 14.1. The summed E-state index contributed by atoms with van der Waals surface area (Å²) in [7, 11) is 2.86. The molecule has 0 bridgehead atoms. The lowest BCUT2D eigenvalue weighted by Gasteiger charge is -2.09. The van der Waals surface area contributed by atoms with Crippen LogP contribution in [0.3, 0.4) is 0 Å². The Kier molecular flexibility index (Phi) is 5.84. The van der Waals surface area contributed by atoms with E-state index < -0.39 is 17.1 Å². The van der Waals surface area contributed by atoms with E-state index in [1.54, 1.807) is 13.2 Å². The Labute approximate surface area is 144 Å². The first kappa shape index (κ1) is 18.3. The standard InChI is InChI=1S/C16H20N2O5S/c1-10-7-12(11(2)17(10)5-6-22-3)8-13-15(20)18(16(21)24-13)9-14(19)23-4/h7-8H,5-6,9H2,1-4H3/b13-8-. The third-order valence-corrected chi connectivity index (χ3v) is 4.71. The molecule has 130 valence electrons. The molecule has 2 rings (SSSR count). The maximum Gasteiger partial charge on any atom is 0.325 e. The summed E-state index contributed by atoms with van der Waals surface area (Å²) in [6, 6.07) is 1.96. The fraction of sp³-hybridized carbons (Fsp3) is 0.438. The van der Waals surface area contributed by atoms with Crippen molar-refractivity contribution >= 4 is 35.0 Å². The van der Waals surface area contributed by atoms with Crippen LogP contribution in [0.2, 0.25) is 0 Å². The van der Waals surface area contributed by atoms with Gasteiger partial charge in [0, 0.05) is 25.0 Å². The summed E-state index contributed by atoms with van der Waals surface area (Å²) in [6.45, 7) is 4.86. The molecule has 0 aliphatic carbocycles. The molecular weight excluding hydrogens is 332 g/mol. The predicted molar refractivity (Wildman–Crippen MR) is 90.5 cm³/mol. The highest BCUT2D eigenvalue weighted by molar-refractivity contribution is 8.18. The number of hydrogen-bond donors (Lipinski definition) is 0. The van der Waals surface area contributed by atoms with Crippen LogP contribution < -0.4 is 0 Å². The van der Waals surface area contributed by atoms with Crippen molar-refractivity contribution < 1.29 is 23.9 Å². The first-order valence-corrected chi connectivity index (χ1v) is 8.18. The first-order chi connectivity index (χ1) is 11.4. The summed E-state index contributed by atoms with van der Waals surface area (Å²) in [6.07, 6.45) is 1.69. The van der Waals surface area contributed by atoms with Gasteiger partial charge in [-0.1, -0.05) is 0 Å². The molecule has 7 nitrogen and oxygen atoms in total. The van der Waals surface area contributed by atoms with Gasteiger partial charge in [0.1, 0.15) is 6.54 Å². The first-order valence-electron chi connectivity index (χ1n) is 7.37. The molecule has 1 aromatic heterocycles. The lowest BCUT2D eigenvalue weighted by molar-refractivity contribution is -0.143. The molecule has 1 aliphatic rings. The molecule has 1 aromatic rings. The third kappa shape index (κ3) is 3.70. The van der Waals surface area contributed by atoms with Crippen molar-refractivity contribution in [1.82, 2.24) is 9.47 Å². The van der Waals surface area contributed by atoms with Gasteiger partial charge in [-0.15, -0.1) is 0 Å². The number of imide groups is 1. The second-order valence-electron chi connectivity index (χ2n) is 5.31. The zero-order valence-corrected chi connectivity index (χ0v) is 14.9. The normalized spacial score (nSPS) is 16.3. The molecule has 0 saturated carbocycles. The van der Waals surface area contributed by atoms with E-state index >= 15 is 0 Å². The van der Waals surface area contributed by atoms with Crippen molar-refractivity contribution in [2.45, 2.75) is 20.4 Å². The number of esters is 1. The number of carbonyl (C=O) groups is 3. The number of aryl methyl sites for hydroxylation is 1. The smallest absolute Gasteiger partial charge is 0.325 e. The molecular formula is C16H20N2O5S. The Morgan fingerprint density at radius 2 is 2.00 bits per heavy atom. The van der Waals surface area contributed by atoms with E-state index in [2.05, 4.69) is 9.30 Å². The molecule has 0 spiro atoms. The molecule has 0 N–H and O–H groups in total. The summed E-state index contributed by atoms with van der Waals surface area (Å²) >= 11 is 0.828. The quantitative estimate of drug-likeness (QED) is 0.575. The summed E-state index contributed by atoms with van der Waals surface area (Å²) in [5.74, 6) is -1.10. The second kappa shape index (κ2) is 7.67. The maximum atomic E-state index is 12.3. The molecule has 1 aliphatic heterocycles. The number of methoxy groups -OCH3 is 2. The predicted octanol–water partition coefficient (Wildman–Crippen LogP) is 1.96. The van der Waals surface area contributed by atoms with Gasteiger partial charge in [-0.05, 0) is 43.3 Å². The number of nitrogens with zero attached hydrogens (tertiary/aromatic N) is 2. The monoisotopic (exact) mass is 352 g/mol. The van der Waals surface area contributed by atoms with Gasteiger partial charge in [-0.2, -0.15) is 0 Å². The minimum absolute atomic E-state index is 0.302. The van der Waals surface area contributed by atoms with Crippen molar-refractivity contribution in [2.75, 3.05) is 27.4 Å². The van der Waals surface area contributed by atoms with E-state index in [4.69, 9.17) is 4.74 Å². The number of ether oxygens (including phenoxy) is 2. The third-order valence-electron chi connectivity index (χ3n) is 3.81. The van der Waals surface area contributed by atoms with Gasteiger partial charge < -0.3 is 14.0 Å². The number of rotatable bonds is 6. The van der Waals surface area contributed by atoms with Gasteiger partial charge in [0.05, 0.1) is 18.6 Å². The van der Waals surface area contributed by atoms with Crippen molar-refractivity contribution in [1.29, 1.82) is 0 Å². The van der Waals surface area contributed by atoms with E-state index in [1.165, 1.54) is 7.11 Å². The highest BCUT2D eigenvalue weighted by Gasteiger charge is 2.36. The summed E-state index contributed by atoms with van der Waals surface area (Å²) in [5, 5.41) is -0.468. The molecule has 24 heavy (non-hydrogen) atoms. The molecule has 1 fully saturated rings. The van der Waals surface area contributed by atoms with Gasteiger partial charge in [0.2, 0.25) is 0 Å². The topological polar surface area (TPSA) is 77.8 Å². The minimum Gasteiger partial charge on any atom is -0.468 e. The van der Waals surface area contributed by atoms with Crippen molar-refractivity contribution in [2.24, 2.45) is 0 Å². The highest BCUT2D eigenvalue weighted by Crippen LogP contribution is 2.33. The molecule has 0 atom stereocenters. The zero-order chi connectivity index (χ0) is 17.9. The minimum atomic E-state index is -0.628. The number of amides is 2. The fourth-order valence-electron chi connectivity index (χ4n) is 2.47. The van der Waals surface area contributed by atoms with Crippen LogP contribution in [0.5, 0.6) is 0 Å². The van der Waals surface area contributed by atoms with E-state index in [1.807, 2.05) is 19.9 Å². The van der Waals surface area contributed by atoms with Crippen molar-refractivity contribution in [3.8, 4) is 0 Å².